The van der Waals surface area contributed by atoms with E-state index < -0.39 is 15.6 Å². The number of sulfonamides is 1. The highest BCUT2D eigenvalue weighted by Gasteiger charge is 2.27. The molecule has 1 aliphatic rings. The third-order valence-electron chi connectivity index (χ3n) is 3.75. The van der Waals surface area contributed by atoms with Gasteiger partial charge in [0.05, 0.1) is 5.02 Å². The minimum absolute atomic E-state index is 0.154. The molecule has 0 spiro atoms. The maximum atomic E-state index is 12.5. The highest BCUT2D eigenvalue weighted by atomic mass is 35.5. The number of hydrogen-bond acceptors (Lipinski definition) is 3. The first-order chi connectivity index (χ1) is 9.73. The van der Waals surface area contributed by atoms with Crippen molar-refractivity contribution < 1.29 is 8.42 Å². The lowest BCUT2D eigenvalue weighted by Crippen LogP contribution is -2.42. The van der Waals surface area contributed by atoms with Gasteiger partial charge in [0, 0.05) is 18.1 Å². The highest BCUT2D eigenvalue weighted by Crippen LogP contribution is 2.25. The van der Waals surface area contributed by atoms with Crippen molar-refractivity contribution in [1.82, 2.24) is 10.0 Å². The second kappa shape index (κ2) is 6.24. The Labute approximate surface area is 132 Å². The third kappa shape index (κ3) is 4.68. The Morgan fingerprint density at radius 2 is 2.00 bits per heavy atom. The molecule has 2 N–H and O–H groups in total. The van der Waals surface area contributed by atoms with E-state index in [9.17, 15) is 8.42 Å². The summed E-state index contributed by atoms with van der Waals surface area (Å²) in [7, 11) is -3.62. The summed E-state index contributed by atoms with van der Waals surface area (Å²) in [5.41, 5.74) is 0.436. The van der Waals surface area contributed by atoms with Crippen LogP contribution in [0.4, 0.5) is 0 Å². The van der Waals surface area contributed by atoms with Crippen LogP contribution >= 0.6 is 11.6 Å². The standard InChI is InChI=1S/C15H23ClN2O2S/c1-4-15(2,3)18-21(19,20)14-9-11(5-8-13(14)16)10-17-12-6-7-12/h5,8-9,12,17-18H,4,6-7,10H2,1-3H3. The lowest BCUT2D eigenvalue weighted by molar-refractivity contribution is 0.439. The first kappa shape index (κ1) is 16.7. The van der Waals surface area contributed by atoms with Gasteiger partial charge >= 0.3 is 0 Å². The number of rotatable bonds is 7. The van der Waals surface area contributed by atoms with E-state index in [-0.39, 0.29) is 9.92 Å². The van der Waals surface area contributed by atoms with Crippen molar-refractivity contribution >= 4 is 21.6 Å². The van der Waals surface area contributed by atoms with Crippen molar-refractivity contribution in [1.29, 1.82) is 0 Å². The topological polar surface area (TPSA) is 58.2 Å². The average Bonchev–Trinajstić information content (AvgIpc) is 3.20. The molecule has 2 rings (SSSR count). The number of hydrogen-bond donors (Lipinski definition) is 2. The van der Waals surface area contributed by atoms with E-state index in [0.29, 0.717) is 19.0 Å². The lowest BCUT2D eigenvalue weighted by atomic mass is 10.0. The largest absolute Gasteiger partial charge is 0.310 e. The summed E-state index contributed by atoms with van der Waals surface area (Å²) in [6.07, 6.45) is 3.10. The summed E-state index contributed by atoms with van der Waals surface area (Å²) in [4.78, 5) is 0.154. The van der Waals surface area contributed by atoms with Crippen molar-refractivity contribution in [3.05, 3.63) is 28.8 Å². The molecular weight excluding hydrogens is 308 g/mol. The maximum absolute atomic E-state index is 12.5. The number of halogens is 1. The smallest absolute Gasteiger partial charge is 0.242 e. The van der Waals surface area contributed by atoms with Crippen LogP contribution in [0.25, 0.3) is 0 Å². The quantitative estimate of drug-likeness (QED) is 0.807. The van der Waals surface area contributed by atoms with E-state index in [0.717, 1.165) is 5.56 Å². The second-order valence-corrected chi connectivity index (χ2v) is 8.32. The number of benzene rings is 1. The monoisotopic (exact) mass is 330 g/mol. The Hall–Kier alpha value is -0.620. The Morgan fingerprint density at radius 3 is 2.57 bits per heavy atom. The van der Waals surface area contributed by atoms with E-state index in [1.165, 1.54) is 12.8 Å². The molecule has 0 amide bonds. The summed E-state index contributed by atoms with van der Waals surface area (Å²) in [6.45, 7) is 6.33. The van der Waals surface area contributed by atoms with Crippen LogP contribution in [0.1, 0.15) is 45.6 Å². The molecule has 1 fully saturated rings. The minimum atomic E-state index is -3.62. The predicted octanol–water partition coefficient (Wildman–Crippen LogP) is 3.06. The van der Waals surface area contributed by atoms with Crippen molar-refractivity contribution in [2.45, 2.75) is 63.1 Å². The molecule has 0 atom stereocenters. The van der Waals surface area contributed by atoms with E-state index >= 15 is 0 Å². The maximum Gasteiger partial charge on any atom is 0.242 e. The van der Waals surface area contributed by atoms with Crippen LogP contribution in [0.2, 0.25) is 5.02 Å². The summed E-state index contributed by atoms with van der Waals surface area (Å²) in [5.74, 6) is 0. The summed E-state index contributed by atoms with van der Waals surface area (Å²) in [5, 5.41) is 3.63. The summed E-state index contributed by atoms with van der Waals surface area (Å²) in [6, 6.07) is 5.75. The van der Waals surface area contributed by atoms with E-state index in [2.05, 4.69) is 10.0 Å². The van der Waals surface area contributed by atoms with Crippen LogP contribution < -0.4 is 10.0 Å². The lowest BCUT2D eigenvalue weighted by Gasteiger charge is -2.24. The first-order valence-electron chi connectivity index (χ1n) is 7.29. The van der Waals surface area contributed by atoms with Crippen molar-refractivity contribution in [3.8, 4) is 0 Å². The van der Waals surface area contributed by atoms with Crippen LogP contribution in [0.15, 0.2) is 23.1 Å². The zero-order chi connectivity index (χ0) is 15.7. The summed E-state index contributed by atoms with van der Waals surface area (Å²) >= 11 is 6.09. The molecule has 6 heteroatoms. The molecule has 1 aromatic carbocycles. The fraction of sp³-hybridized carbons (Fsp3) is 0.600. The van der Waals surface area contributed by atoms with E-state index in [1.54, 1.807) is 12.1 Å². The van der Waals surface area contributed by atoms with Gasteiger partial charge in [-0.2, -0.15) is 0 Å². The van der Waals surface area contributed by atoms with E-state index in [4.69, 9.17) is 11.6 Å². The fourth-order valence-electron chi connectivity index (χ4n) is 1.90. The normalized spacial score (nSPS) is 16.2. The minimum Gasteiger partial charge on any atom is -0.310 e. The molecule has 1 aliphatic carbocycles. The van der Waals surface area contributed by atoms with Gasteiger partial charge in [-0.15, -0.1) is 0 Å². The van der Waals surface area contributed by atoms with Gasteiger partial charge in [0.25, 0.3) is 0 Å². The zero-order valence-corrected chi connectivity index (χ0v) is 14.3. The third-order valence-corrected chi connectivity index (χ3v) is 5.93. The van der Waals surface area contributed by atoms with Crippen LogP contribution in [-0.4, -0.2) is 20.0 Å². The van der Waals surface area contributed by atoms with Crippen molar-refractivity contribution in [3.63, 3.8) is 0 Å². The molecule has 0 saturated heterocycles. The molecule has 0 bridgehead atoms. The Bertz CT molecular complexity index is 610. The van der Waals surface area contributed by atoms with Gasteiger partial charge in [-0.3, -0.25) is 0 Å². The van der Waals surface area contributed by atoms with Crippen molar-refractivity contribution in [2.24, 2.45) is 0 Å². The van der Waals surface area contributed by atoms with Crippen molar-refractivity contribution in [2.75, 3.05) is 0 Å². The Balaban J connectivity index is 2.21. The fourth-order valence-corrected chi connectivity index (χ4v) is 3.94. The van der Waals surface area contributed by atoms with Crippen LogP contribution in [0.3, 0.4) is 0 Å². The van der Waals surface area contributed by atoms with Crippen LogP contribution in [0, 0.1) is 0 Å². The van der Waals surface area contributed by atoms with Crippen LogP contribution in [-0.2, 0) is 16.6 Å². The first-order valence-corrected chi connectivity index (χ1v) is 9.15. The summed E-state index contributed by atoms with van der Waals surface area (Å²) < 4.78 is 27.7. The molecule has 0 heterocycles. The van der Waals surface area contributed by atoms with Gasteiger partial charge in [0.15, 0.2) is 0 Å². The average molecular weight is 331 g/mol. The van der Waals surface area contributed by atoms with Gasteiger partial charge in [0.2, 0.25) is 10.0 Å². The Kier molecular flexibility index (Phi) is 4.98. The molecule has 0 radical (unpaired) electrons. The molecule has 0 aliphatic heterocycles. The molecule has 21 heavy (non-hydrogen) atoms. The second-order valence-electron chi connectivity index (χ2n) is 6.26. The molecule has 0 aromatic heterocycles. The van der Waals surface area contributed by atoms with Gasteiger partial charge in [-0.25, -0.2) is 13.1 Å². The highest BCUT2D eigenvalue weighted by molar-refractivity contribution is 7.89. The number of nitrogens with one attached hydrogen (secondary N) is 2. The zero-order valence-electron chi connectivity index (χ0n) is 12.7. The molecule has 118 valence electrons. The van der Waals surface area contributed by atoms with Gasteiger partial charge in [0.1, 0.15) is 4.90 Å². The van der Waals surface area contributed by atoms with Gasteiger partial charge in [-0.05, 0) is 50.8 Å². The molecule has 1 aromatic rings. The van der Waals surface area contributed by atoms with Crippen LogP contribution in [0.5, 0.6) is 0 Å². The predicted molar refractivity (Wildman–Crippen MR) is 86.0 cm³/mol. The molecule has 0 unspecified atom stereocenters. The SMILES string of the molecule is CCC(C)(C)NS(=O)(=O)c1cc(CNC2CC2)ccc1Cl. The Morgan fingerprint density at radius 1 is 1.33 bits per heavy atom. The molecular formula is C15H23ClN2O2S. The van der Waals surface area contributed by atoms with E-state index in [1.807, 2.05) is 26.8 Å². The molecule has 4 nitrogen and oxygen atoms in total. The molecule has 1 saturated carbocycles. The van der Waals surface area contributed by atoms with Gasteiger partial charge in [-0.1, -0.05) is 24.6 Å². The van der Waals surface area contributed by atoms with Gasteiger partial charge < -0.3 is 5.32 Å².